The summed E-state index contributed by atoms with van der Waals surface area (Å²) in [6.45, 7) is 3.05. The SMILES string of the molecule is Fc1cc(F)c2nc(N3CCCN(c4nccn5cnnc45)CC3)sc2c1. The minimum absolute atomic E-state index is 0.229. The Kier molecular flexibility index (Phi) is 3.85. The van der Waals surface area contributed by atoms with Gasteiger partial charge in [-0.25, -0.2) is 18.7 Å². The molecular weight excluding hydrogens is 372 g/mol. The van der Waals surface area contributed by atoms with Gasteiger partial charge in [-0.15, -0.1) is 10.2 Å². The molecule has 0 saturated carbocycles. The summed E-state index contributed by atoms with van der Waals surface area (Å²) in [6.07, 6.45) is 6.10. The molecule has 5 rings (SSSR count). The maximum atomic E-state index is 14.0. The first-order chi connectivity index (χ1) is 13.2. The van der Waals surface area contributed by atoms with Gasteiger partial charge in [0, 0.05) is 44.6 Å². The van der Waals surface area contributed by atoms with Crippen LogP contribution in [0, 0.1) is 11.6 Å². The Balaban J connectivity index is 1.41. The molecule has 4 heterocycles. The first kappa shape index (κ1) is 16.3. The predicted molar refractivity (Wildman–Crippen MR) is 99.4 cm³/mol. The van der Waals surface area contributed by atoms with Gasteiger partial charge in [0.2, 0.25) is 5.65 Å². The molecule has 7 nitrogen and oxygen atoms in total. The van der Waals surface area contributed by atoms with Crippen LogP contribution in [0.5, 0.6) is 0 Å². The summed E-state index contributed by atoms with van der Waals surface area (Å²) in [7, 11) is 0. The monoisotopic (exact) mass is 387 g/mol. The number of anilines is 2. The number of hydrogen-bond donors (Lipinski definition) is 0. The van der Waals surface area contributed by atoms with E-state index in [2.05, 4.69) is 30.0 Å². The van der Waals surface area contributed by atoms with Crippen LogP contribution in [-0.2, 0) is 0 Å². The van der Waals surface area contributed by atoms with Crippen LogP contribution in [0.25, 0.3) is 15.9 Å². The quantitative estimate of drug-likeness (QED) is 0.527. The van der Waals surface area contributed by atoms with E-state index in [-0.39, 0.29) is 5.52 Å². The molecule has 3 aromatic heterocycles. The van der Waals surface area contributed by atoms with Gasteiger partial charge in [0.1, 0.15) is 17.7 Å². The van der Waals surface area contributed by atoms with Gasteiger partial charge in [-0.3, -0.25) is 4.40 Å². The highest BCUT2D eigenvalue weighted by molar-refractivity contribution is 7.22. The van der Waals surface area contributed by atoms with Crippen molar-refractivity contribution in [3.63, 3.8) is 0 Å². The van der Waals surface area contributed by atoms with Gasteiger partial charge in [0.25, 0.3) is 0 Å². The Morgan fingerprint density at radius 1 is 1.04 bits per heavy atom. The summed E-state index contributed by atoms with van der Waals surface area (Å²) in [5.41, 5.74) is 0.955. The summed E-state index contributed by atoms with van der Waals surface area (Å²) in [5, 5.41) is 8.81. The zero-order chi connectivity index (χ0) is 18.4. The Bertz CT molecular complexity index is 1130. The summed E-state index contributed by atoms with van der Waals surface area (Å²) < 4.78 is 29.8. The number of hydrogen-bond acceptors (Lipinski definition) is 7. The number of halogens is 2. The minimum atomic E-state index is -0.619. The third-order valence-electron chi connectivity index (χ3n) is 4.67. The van der Waals surface area contributed by atoms with Crippen molar-refractivity contribution in [1.29, 1.82) is 0 Å². The molecule has 0 spiro atoms. The molecule has 0 bridgehead atoms. The van der Waals surface area contributed by atoms with Crippen molar-refractivity contribution in [2.45, 2.75) is 6.42 Å². The number of benzene rings is 1. The molecule has 1 aliphatic heterocycles. The van der Waals surface area contributed by atoms with Crippen molar-refractivity contribution in [3.05, 3.63) is 42.5 Å². The maximum absolute atomic E-state index is 14.0. The number of nitrogens with zero attached hydrogens (tertiary/aromatic N) is 7. The lowest BCUT2D eigenvalue weighted by Crippen LogP contribution is -2.31. The van der Waals surface area contributed by atoms with Crippen molar-refractivity contribution in [2.75, 3.05) is 36.0 Å². The molecule has 0 atom stereocenters. The van der Waals surface area contributed by atoms with Gasteiger partial charge < -0.3 is 9.80 Å². The van der Waals surface area contributed by atoms with Gasteiger partial charge in [-0.05, 0) is 12.5 Å². The summed E-state index contributed by atoms with van der Waals surface area (Å²) >= 11 is 1.32. The first-order valence-electron chi connectivity index (χ1n) is 8.59. The van der Waals surface area contributed by atoms with Crippen LogP contribution in [0.4, 0.5) is 19.7 Å². The highest BCUT2D eigenvalue weighted by atomic mass is 32.1. The van der Waals surface area contributed by atoms with Crippen molar-refractivity contribution in [1.82, 2.24) is 24.6 Å². The minimum Gasteiger partial charge on any atom is -0.352 e. The topological polar surface area (TPSA) is 62.5 Å². The van der Waals surface area contributed by atoms with Crippen LogP contribution < -0.4 is 9.80 Å². The number of aromatic nitrogens is 5. The second-order valence-electron chi connectivity index (χ2n) is 6.37. The van der Waals surface area contributed by atoms with Crippen LogP contribution in [0.15, 0.2) is 30.9 Å². The van der Waals surface area contributed by atoms with Gasteiger partial charge in [0.05, 0.1) is 4.70 Å². The Labute approximate surface area is 156 Å². The number of fused-ring (bicyclic) bond motifs is 2. The van der Waals surface area contributed by atoms with Gasteiger partial charge in [-0.1, -0.05) is 11.3 Å². The van der Waals surface area contributed by atoms with E-state index in [4.69, 9.17) is 0 Å². The van der Waals surface area contributed by atoms with E-state index in [1.807, 2.05) is 10.6 Å². The fraction of sp³-hybridized carbons (Fsp3) is 0.294. The molecule has 1 aliphatic rings. The summed E-state index contributed by atoms with van der Waals surface area (Å²) in [5.74, 6) is -0.398. The van der Waals surface area contributed by atoms with E-state index < -0.39 is 11.6 Å². The van der Waals surface area contributed by atoms with Crippen molar-refractivity contribution in [3.8, 4) is 0 Å². The van der Waals surface area contributed by atoms with Crippen LogP contribution >= 0.6 is 11.3 Å². The lowest BCUT2D eigenvalue weighted by molar-refractivity contribution is 0.591. The van der Waals surface area contributed by atoms with E-state index >= 15 is 0 Å². The van der Waals surface area contributed by atoms with Crippen LogP contribution in [-0.4, -0.2) is 50.7 Å². The molecule has 4 aromatic rings. The third kappa shape index (κ3) is 2.85. The molecule has 1 fully saturated rings. The molecule has 0 unspecified atom stereocenters. The average molecular weight is 387 g/mol. The van der Waals surface area contributed by atoms with E-state index in [1.165, 1.54) is 17.4 Å². The zero-order valence-electron chi connectivity index (χ0n) is 14.2. The van der Waals surface area contributed by atoms with Crippen LogP contribution in [0.1, 0.15) is 6.42 Å². The molecule has 0 aliphatic carbocycles. The second-order valence-corrected chi connectivity index (χ2v) is 7.38. The number of thiazole rings is 1. The second kappa shape index (κ2) is 6.38. The highest BCUT2D eigenvalue weighted by Crippen LogP contribution is 2.32. The normalized spacial score (nSPS) is 15.6. The third-order valence-corrected chi connectivity index (χ3v) is 5.73. The summed E-state index contributed by atoms with van der Waals surface area (Å²) in [6, 6.07) is 2.21. The van der Waals surface area contributed by atoms with Gasteiger partial charge in [-0.2, -0.15) is 0 Å². The van der Waals surface area contributed by atoms with E-state index in [0.717, 1.165) is 43.6 Å². The average Bonchev–Trinajstić information content (AvgIpc) is 3.22. The zero-order valence-corrected chi connectivity index (χ0v) is 15.0. The molecule has 1 aromatic carbocycles. The van der Waals surface area contributed by atoms with E-state index in [1.54, 1.807) is 12.5 Å². The highest BCUT2D eigenvalue weighted by Gasteiger charge is 2.21. The van der Waals surface area contributed by atoms with Gasteiger partial charge in [0.15, 0.2) is 16.8 Å². The predicted octanol–water partition coefficient (Wildman–Crippen LogP) is 2.73. The fourth-order valence-corrected chi connectivity index (χ4v) is 4.43. The van der Waals surface area contributed by atoms with Crippen molar-refractivity contribution >= 4 is 38.2 Å². The standard InChI is InChI=1S/C17H15F2N7S/c18-11-8-12(19)14-13(9-11)27-17(22-14)25-4-1-3-24(6-7-25)15-16-23-21-10-26(16)5-2-20-15/h2,5,8-10H,1,3-4,6-7H2. The molecule has 0 N–H and O–H groups in total. The fourth-order valence-electron chi connectivity index (χ4n) is 3.37. The molecule has 138 valence electrons. The van der Waals surface area contributed by atoms with Crippen LogP contribution in [0.2, 0.25) is 0 Å². The first-order valence-corrected chi connectivity index (χ1v) is 9.40. The number of rotatable bonds is 2. The smallest absolute Gasteiger partial charge is 0.203 e. The Morgan fingerprint density at radius 3 is 2.81 bits per heavy atom. The Hall–Kier alpha value is -2.88. The summed E-state index contributed by atoms with van der Waals surface area (Å²) in [4.78, 5) is 13.2. The molecule has 1 saturated heterocycles. The van der Waals surface area contributed by atoms with E-state index in [9.17, 15) is 8.78 Å². The van der Waals surface area contributed by atoms with Crippen LogP contribution in [0.3, 0.4) is 0 Å². The van der Waals surface area contributed by atoms with Gasteiger partial charge >= 0.3 is 0 Å². The van der Waals surface area contributed by atoms with Crippen molar-refractivity contribution in [2.24, 2.45) is 0 Å². The molecule has 0 amide bonds. The molecular formula is C17H15F2N7S. The van der Waals surface area contributed by atoms with E-state index in [0.29, 0.717) is 16.4 Å². The molecule has 10 heteroatoms. The molecule has 27 heavy (non-hydrogen) atoms. The lowest BCUT2D eigenvalue weighted by Gasteiger charge is -2.22. The van der Waals surface area contributed by atoms with Crippen molar-refractivity contribution < 1.29 is 8.78 Å². The lowest BCUT2D eigenvalue weighted by atomic mass is 10.3. The largest absolute Gasteiger partial charge is 0.352 e. The maximum Gasteiger partial charge on any atom is 0.203 e. The molecule has 0 radical (unpaired) electrons. The Morgan fingerprint density at radius 2 is 1.89 bits per heavy atom.